The van der Waals surface area contributed by atoms with Gasteiger partial charge in [0.25, 0.3) is 0 Å². The Morgan fingerprint density at radius 1 is 0.641 bits per heavy atom. The molecule has 1 unspecified atom stereocenters. The number of hydrogen-bond donors (Lipinski definition) is 4. The van der Waals surface area contributed by atoms with E-state index in [4.69, 9.17) is 24.9 Å². The lowest BCUT2D eigenvalue weighted by molar-refractivity contribution is -0.425. The van der Waals surface area contributed by atoms with Crippen molar-refractivity contribution in [3.05, 3.63) is 39.0 Å². The molecule has 0 aromatic rings. The molecule has 0 aliphatic heterocycles. The summed E-state index contributed by atoms with van der Waals surface area (Å²) in [5.41, 5.74) is 0. The van der Waals surface area contributed by atoms with Crippen LogP contribution in [0.2, 0.25) is 0 Å². The molecule has 39 heavy (non-hydrogen) atoms. The van der Waals surface area contributed by atoms with Crippen LogP contribution >= 0.6 is 0 Å². The van der Waals surface area contributed by atoms with Crippen molar-refractivity contribution in [2.24, 2.45) is 0 Å². The van der Waals surface area contributed by atoms with Crippen LogP contribution in [0, 0.1) is 0 Å². The maximum atomic E-state index is 9.33. The Kier molecular flexibility index (Phi) is 250. The second kappa shape index (κ2) is 99.2. The van der Waals surface area contributed by atoms with Gasteiger partial charge < -0.3 is 24.8 Å². The average molecular weight is 587 g/mol. The minimum Gasteiger partial charge on any atom is -0.394 e. The zero-order chi connectivity index (χ0) is 22.6. The molecule has 0 bridgehead atoms. The molecule has 0 spiro atoms. The number of hydrogen-bond acceptors (Lipinski definition) is 9. The molecule has 258 valence electrons. The largest absolute Gasteiger partial charge is 0.394 e. The fourth-order valence-corrected chi connectivity index (χ4v) is 1.59. The molecule has 0 radical (unpaired) electrons. The van der Waals surface area contributed by atoms with Gasteiger partial charge in [0.1, 0.15) is 6.23 Å². The summed E-state index contributed by atoms with van der Waals surface area (Å²) in [5, 5.41) is 36.3. The van der Waals surface area contributed by atoms with Crippen LogP contribution in [0.3, 0.4) is 0 Å². The fourth-order valence-electron chi connectivity index (χ4n) is 1.59. The Labute approximate surface area is 251 Å². The minimum atomic E-state index is -0.923. The van der Waals surface area contributed by atoms with Crippen molar-refractivity contribution < 1.29 is 35.0 Å². The number of allylic oxidation sites excluding steroid dienone is 1. The highest BCUT2D eigenvalue weighted by Crippen LogP contribution is 1.97. The van der Waals surface area contributed by atoms with E-state index in [2.05, 4.69) is 37.9 Å². The Morgan fingerprint density at radius 3 is 1.13 bits per heavy atom. The molecule has 0 saturated heterocycles. The van der Waals surface area contributed by atoms with Crippen LogP contribution in [0.15, 0.2) is 39.0 Å². The van der Waals surface area contributed by atoms with Crippen LogP contribution < -0.4 is 0 Å². The first-order chi connectivity index (χ1) is 13.6. The first-order valence-corrected chi connectivity index (χ1v) is 9.00. The summed E-state index contributed by atoms with van der Waals surface area (Å²) in [6.07, 6.45) is 0.827. The third-order valence-corrected chi connectivity index (χ3v) is 2.73. The molecule has 0 fully saturated rings. The number of rotatable bonds is 15. The van der Waals surface area contributed by atoms with Crippen molar-refractivity contribution in [1.82, 2.24) is 9.96 Å². The normalized spacial score (nSPS) is 7.69. The molecule has 0 heterocycles. The third-order valence-electron chi connectivity index (χ3n) is 2.73. The smallest absolute Gasteiger partial charge is 0.130 e. The summed E-state index contributed by atoms with van der Waals surface area (Å²) in [5.74, 6) is 0. The molecular formula is C30H86N2O7. The van der Waals surface area contributed by atoms with Crippen molar-refractivity contribution in [3.63, 3.8) is 0 Å². The molecule has 1 atom stereocenters. The minimum absolute atomic E-state index is 0. The fraction of sp³-hybridized carbons (Fsp3) is 0.800. The zero-order valence-electron chi connectivity index (χ0n) is 17.7. The van der Waals surface area contributed by atoms with Gasteiger partial charge in [-0.05, 0) is 13.8 Å². The molecule has 9 nitrogen and oxygen atoms in total. The van der Waals surface area contributed by atoms with Crippen molar-refractivity contribution in [2.45, 2.75) is 102 Å². The third kappa shape index (κ3) is 93.7. The van der Waals surface area contributed by atoms with Gasteiger partial charge in [0.15, 0.2) is 0 Å². The van der Waals surface area contributed by atoms with Gasteiger partial charge in [-0.3, -0.25) is 4.90 Å². The maximum absolute atomic E-state index is 9.33. The van der Waals surface area contributed by atoms with E-state index in [1.54, 1.807) is 6.08 Å². The van der Waals surface area contributed by atoms with Crippen LogP contribution in [0.25, 0.3) is 0 Å². The number of ether oxygens (including phenoxy) is 2. The predicted molar refractivity (Wildman–Crippen MR) is 187 cm³/mol. The topological polar surface area (TPSA) is 115 Å². The number of hydroxylamine groups is 2. The van der Waals surface area contributed by atoms with Crippen LogP contribution in [0.1, 0.15) is 95.5 Å². The summed E-state index contributed by atoms with van der Waals surface area (Å²) in [6, 6.07) is 0. The summed E-state index contributed by atoms with van der Waals surface area (Å²) in [4.78, 5) is 6.08. The van der Waals surface area contributed by atoms with Crippen LogP contribution in [0.4, 0.5) is 0 Å². The van der Waals surface area contributed by atoms with Crippen molar-refractivity contribution in [2.75, 3.05) is 65.8 Å². The standard InChI is InChI=1S/C12H28N2O7.C3H6.2C2H4.11CH4/c1-12(17)14(21-18)3-2-13(4-8-19-10-6-15)5-9-20-11-7-16;1-3-2;2*1-2;;;;;;;;;;;/h12,15-18H,2-11H2,1H3;3H,1H2,2H3;2*1-2H2;11*1H4. The highest BCUT2D eigenvalue weighted by atomic mass is 17.2. The Hall–Kier alpha value is -1.14. The van der Waals surface area contributed by atoms with Crippen LogP contribution in [0.5, 0.6) is 0 Å². The Bertz CT molecular complexity index is 276. The van der Waals surface area contributed by atoms with Crippen LogP contribution in [-0.4, -0.2) is 103 Å². The van der Waals surface area contributed by atoms with E-state index in [0.29, 0.717) is 39.4 Å². The maximum Gasteiger partial charge on any atom is 0.130 e. The predicted octanol–water partition coefficient (Wildman–Crippen LogP) is 8.14. The molecule has 9 heteroatoms. The van der Waals surface area contributed by atoms with E-state index in [0.717, 1.165) is 5.06 Å². The van der Waals surface area contributed by atoms with E-state index in [-0.39, 0.29) is 108 Å². The number of aliphatic hydroxyl groups excluding tert-OH is 3. The molecule has 4 N–H and O–H groups in total. The van der Waals surface area contributed by atoms with E-state index in [1.165, 1.54) is 6.92 Å². The average Bonchev–Trinajstić information content (AvgIpc) is 2.71. The monoisotopic (exact) mass is 587 g/mol. The van der Waals surface area contributed by atoms with Gasteiger partial charge in [0.2, 0.25) is 0 Å². The molecule has 0 aliphatic rings. The van der Waals surface area contributed by atoms with Gasteiger partial charge in [-0.2, -0.15) is 0 Å². The first-order valence-electron chi connectivity index (χ1n) is 9.00. The molecule has 0 aromatic carbocycles. The second-order valence-electron chi connectivity index (χ2n) is 4.78. The lowest BCUT2D eigenvalue weighted by Crippen LogP contribution is -2.41. The molecule has 0 aliphatic carbocycles. The zero-order valence-corrected chi connectivity index (χ0v) is 17.7. The lowest BCUT2D eigenvalue weighted by Gasteiger charge is -2.26. The van der Waals surface area contributed by atoms with E-state index in [9.17, 15) is 5.11 Å². The quantitative estimate of drug-likeness (QED) is 0.0496. The molecule has 0 rings (SSSR count). The van der Waals surface area contributed by atoms with Crippen molar-refractivity contribution in [1.29, 1.82) is 0 Å². The first kappa shape index (κ1) is 98.4. The van der Waals surface area contributed by atoms with Crippen LogP contribution in [-0.2, 0) is 14.5 Å². The van der Waals surface area contributed by atoms with Gasteiger partial charge in [-0.15, -0.1) is 42.9 Å². The summed E-state index contributed by atoms with van der Waals surface area (Å²) in [7, 11) is 0. The van der Waals surface area contributed by atoms with E-state index < -0.39 is 6.23 Å². The Balaban J connectivity index is -0.0000000225. The highest BCUT2D eigenvalue weighted by Gasteiger charge is 2.14. The van der Waals surface area contributed by atoms with Crippen molar-refractivity contribution >= 4 is 0 Å². The lowest BCUT2D eigenvalue weighted by atomic mass is 10.4. The summed E-state index contributed by atoms with van der Waals surface area (Å²) < 4.78 is 10.4. The van der Waals surface area contributed by atoms with E-state index >= 15 is 0 Å². The number of aliphatic hydroxyl groups is 3. The number of nitrogens with zero attached hydrogens (tertiary/aromatic N) is 2. The van der Waals surface area contributed by atoms with Gasteiger partial charge in [0, 0.05) is 26.2 Å². The van der Waals surface area contributed by atoms with Gasteiger partial charge in [-0.25, -0.2) is 5.26 Å². The molecule has 0 saturated carbocycles. The summed E-state index contributed by atoms with van der Waals surface area (Å²) >= 11 is 0. The van der Waals surface area contributed by atoms with Gasteiger partial charge >= 0.3 is 0 Å². The van der Waals surface area contributed by atoms with Crippen molar-refractivity contribution in [3.8, 4) is 0 Å². The van der Waals surface area contributed by atoms with Gasteiger partial charge in [0.05, 0.1) is 39.6 Å². The summed E-state index contributed by atoms with van der Waals surface area (Å²) in [6.45, 7) is 22.2. The molecular weight excluding hydrogens is 500 g/mol. The van der Waals surface area contributed by atoms with E-state index in [1.807, 2.05) is 11.8 Å². The highest BCUT2D eigenvalue weighted by molar-refractivity contribution is 4.60. The second-order valence-corrected chi connectivity index (χ2v) is 4.78. The van der Waals surface area contributed by atoms with Gasteiger partial charge in [-0.1, -0.05) is 87.8 Å². The SMILES string of the molecule is C.C.C.C.C.C.C.C.C.C.C.C=C.C=C.C=CC.CC(O)N(CCN(CCOCCO)CCOCCO)OO. The Morgan fingerprint density at radius 2 is 0.923 bits per heavy atom. The molecule has 0 aromatic heterocycles. The molecule has 0 amide bonds.